The van der Waals surface area contributed by atoms with Crippen LogP contribution in [-0.4, -0.2) is 38.7 Å². The Balaban J connectivity index is 3.13. The largest absolute Gasteiger partial charge is 0.469 e. The zero-order valence-corrected chi connectivity index (χ0v) is 10.8. The van der Waals surface area contributed by atoms with Crippen molar-refractivity contribution in [3.05, 3.63) is 0 Å². The first kappa shape index (κ1) is 15.9. The molecule has 0 heterocycles. The van der Waals surface area contributed by atoms with E-state index in [0.29, 0.717) is 26.0 Å². The van der Waals surface area contributed by atoms with E-state index in [-0.39, 0.29) is 11.9 Å². The van der Waals surface area contributed by atoms with Gasteiger partial charge < -0.3 is 14.8 Å². The zero-order chi connectivity index (χ0) is 12.9. The van der Waals surface area contributed by atoms with Crippen molar-refractivity contribution in [3.8, 4) is 0 Å². The molecule has 0 aliphatic rings. The van der Waals surface area contributed by atoms with E-state index < -0.39 is 0 Å². The van der Waals surface area contributed by atoms with E-state index in [0.717, 1.165) is 25.8 Å². The monoisotopic (exact) mass is 245 g/mol. The predicted octanol–water partition coefficient (Wildman–Crippen LogP) is 1.26. The van der Waals surface area contributed by atoms with Gasteiger partial charge in [0.25, 0.3) is 0 Å². The van der Waals surface area contributed by atoms with Crippen molar-refractivity contribution in [1.82, 2.24) is 5.32 Å². The van der Waals surface area contributed by atoms with E-state index in [9.17, 15) is 9.59 Å². The molecule has 0 atom stereocenters. The lowest BCUT2D eigenvalue weighted by atomic mass is 10.2. The summed E-state index contributed by atoms with van der Waals surface area (Å²) >= 11 is 0. The standard InChI is InChI=1S/C12H23NO4/c1-3-17-12(15)7-5-4-6-9-13-10-8-11(14)16-2/h13H,3-10H2,1-2H3. The van der Waals surface area contributed by atoms with E-state index in [1.165, 1.54) is 7.11 Å². The fourth-order valence-electron chi connectivity index (χ4n) is 1.35. The number of unbranched alkanes of at least 4 members (excludes halogenated alkanes) is 2. The fraction of sp³-hybridized carbons (Fsp3) is 0.833. The molecule has 0 bridgehead atoms. The van der Waals surface area contributed by atoms with Crippen LogP contribution in [0.2, 0.25) is 0 Å². The molecule has 100 valence electrons. The second-order valence-corrected chi connectivity index (χ2v) is 3.69. The highest BCUT2D eigenvalue weighted by Gasteiger charge is 2.01. The van der Waals surface area contributed by atoms with E-state index in [1.54, 1.807) is 0 Å². The van der Waals surface area contributed by atoms with Crippen LogP contribution in [0.15, 0.2) is 0 Å². The molecule has 0 aromatic heterocycles. The van der Waals surface area contributed by atoms with E-state index >= 15 is 0 Å². The molecule has 0 radical (unpaired) electrons. The van der Waals surface area contributed by atoms with Gasteiger partial charge >= 0.3 is 11.9 Å². The Morgan fingerprint density at radius 3 is 2.41 bits per heavy atom. The fourth-order valence-corrected chi connectivity index (χ4v) is 1.35. The summed E-state index contributed by atoms with van der Waals surface area (Å²) in [6.07, 6.45) is 3.75. The van der Waals surface area contributed by atoms with Crippen LogP contribution in [0.1, 0.15) is 39.0 Å². The lowest BCUT2D eigenvalue weighted by Gasteiger charge is -2.04. The second kappa shape index (κ2) is 11.4. The highest BCUT2D eigenvalue weighted by molar-refractivity contribution is 5.69. The van der Waals surface area contributed by atoms with Gasteiger partial charge in [-0.15, -0.1) is 0 Å². The van der Waals surface area contributed by atoms with Crippen LogP contribution < -0.4 is 5.32 Å². The average Bonchev–Trinajstić information content (AvgIpc) is 2.32. The molecule has 0 aromatic rings. The number of esters is 2. The van der Waals surface area contributed by atoms with Gasteiger partial charge in [-0.05, 0) is 26.3 Å². The number of carbonyl (C=O) groups is 2. The van der Waals surface area contributed by atoms with Crippen LogP contribution in [0.3, 0.4) is 0 Å². The molecule has 0 unspecified atom stereocenters. The molecule has 0 aliphatic carbocycles. The SMILES string of the molecule is CCOC(=O)CCCCCNCCC(=O)OC. The Hall–Kier alpha value is -1.10. The lowest BCUT2D eigenvalue weighted by molar-refractivity contribution is -0.143. The van der Waals surface area contributed by atoms with Crippen LogP contribution in [0.4, 0.5) is 0 Å². The van der Waals surface area contributed by atoms with Gasteiger partial charge in [-0.1, -0.05) is 6.42 Å². The first-order chi connectivity index (χ1) is 8.20. The van der Waals surface area contributed by atoms with Gasteiger partial charge in [-0.3, -0.25) is 9.59 Å². The number of hydrogen-bond donors (Lipinski definition) is 1. The summed E-state index contributed by atoms with van der Waals surface area (Å²) in [7, 11) is 1.39. The highest BCUT2D eigenvalue weighted by Crippen LogP contribution is 2.00. The smallest absolute Gasteiger partial charge is 0.306 e. The summed E-state index contributed by atoms with van der Waals surface area (Å²) in [5.41, 5.74) is 0. The van der Waals surface area contributed by atoms with Crippen LogP contribution in [0, 0.1) is 0 Å². The molecule has 5 heteroatoms. The van der Waals surface area contributed by atoms with Gasteiger partial charge in [0.05, 0.1) is 20.1 Å². The third kappa shape index (κ3) is 11.2. The maximum absolute atomic E-state index is 11.0. The summed E-state index contributed by atoms with van der Waals surface area (Å²) in [4.78, 5) is 21.8. The van der Waals surface area contributed by atoms with Crippen molar-refractivity contribution < 1.29 is 19.1 Å². The van der Waals surface area contributed by atoms with Crippen LogP contribution in [0.25, 0.3) is 0 Å². The molecule has 0 amide bonds. The first-order valence-electron chi connectivity index (χ1n) is 6.13. The molecule has 0 spiro atoms. The number of methoxy groups -OCH3 is 1. The summed E-state index contributed by atoms with van der Waals surface area (Å²) in [6.45, 7) is 3.77. The molecule has 1 N–H and O–H groups in total. The molecule has 0 aromatic carbocycles. The number of carbonyl (C=O) groups excluding carboxylic acids is 2. The Labute approximate surface area is 103 Å². The summed E-state index contributed by atoms with van der Waals surface area (Å²) in [5, 5.41) is 3.15. The Bertz CT molecular complexity index is 219. The zero-order valence-electron chi connectivity index (χ0n) is 10.8. The van der Waals surface area contributed by atoms with E-state index in [1.807, 2.05) is 6.92 Å². The first-order valence-corrected chi connectivity index (χ1v) is 6.13. The minimum atomic E-state index is -0.195. The van der Waals surface area contributed by atoms with E-state index in [4.69, 9.17) is 4.74 Å². The Morgan fingerprint density at radius 1 is 1.00 bits per heavy atom. The lowest BCUT2D eigenvalue weighted by Crippen LogP contribution is -2.20. The van der Waals surface area contributed by atoms with Gasteiger partial charge in [0.15, 0.2) is 0 Å². The molecule has 0 saturated heterocycles. The third-order valence-corrected chi connectivity index (χ3v) is 2.27. The van der Waals surface area contributed by atoms with Gasteiger partial charge in [0, 0.05) is 13.0 Å². The molecule has 17 heavy (non-hydrogen) atoms. The molecule has 0 saturated carbocycles. The Morgan fingerprint density at radius 2 is 1.76 bits per heavy atom. The minimum absolute atomic E-state index is 0.119. The third-order valence-electron chi connectivity index (χ3n) is 2.27. The van der Waals surface area contributed by atoms with E-state index in [2.05, 4.69) is 10.1 Å². The van der Waals surface area contributed by atoms with Gasteiger partial charge in [0.1, 0.15) is 0 Å². The van der Waals surface area contributed by atoms with Crippen molar-refractivity contribution in [2.24, 2.45) is 0 Å². The quantitative estimate of drug-likeness (QED) is 0.464. The summed E-state index contributed by atoms with van der Waals surface area (Å²) in [6, 6.07) is 0. The highest BCUT2D eigenvalue weighted by atomic mass is 16.5. The van der Waals surface area contributed by atoms with Crippen molar-refractivity contribution in [1.29, 1.82) is 0 Å². The summed E-state index contributed by atoms with van der Waals surface area (Å²) < 4.78 is 9.33. The maximum atomic E-state index is 11.0. The molecule has 0 fully saturated rings. The predicted molar refractivity (Wildman–Crippen MR) is 64.6 cm³/mol. The molecular formula is C12H23NO4. The van der Waals surface area contributed by atoms with Crippen LogP contribution >= 0.6 is 0 Å². The second-order valence-electron chi connectivity index (χ2n) is 3.69. The Kier molecular flexibility index (Phi) is 10.7. The van der Waals surface area contributed by atoms with Crippen LogP contribution in [0.5, 0.6) is 0 Å². The van der Waals surface area contributed by atoms with Gasteiger partial charge in [0.2, 0.25) is 0 Å². The number of hydrogen-bond acceptors (Lipinski definition) is 5. The molecular weight excluding hydrogens is 222 g/mol. The van der Waals surface area contributed by atoms with Crippen molar-refractivity contribution >= 4 is 11.9 Å². The average molecular weight is 245 g/mol. The normalized spacial score (nSPS) is 10.0. The summed E-state index contributed by atoms with van der Waals surface area (Å²) in [5.74, 6) is -0.314. The van der Waals surface area contributed by atoms with Gasteiger partial charge in [-0.2, -0.15) is 0 Å². The number of rotatable bonds is 10. The van der Waals surface area contributed by atoms with Crippen molar-refractivity contribution in [3.63, 3.8) is 0 Å². The van der Waals surface area contributed by atoms with Crippen molar-refractivity contribution in [2.75, 3.05) is 26.8 Å². The van der Waals surface area contributed by atoms with Gasteiger partial charge in [-0.25, -0.2) is 0 Å². The molecule has 5 nitrogen and oxygen atoms in total. The maximum Gasteiger partial charge on any atom is 0.306 e. The van der Waals surface area contributed by atoms with Crippen LogP contribution in [-0.2, 0) is 19.1 Å². The number of nitrogens with one attached hydrogen (secondary N) is 1. The molecule has 0 rings (SSSR count). The molecule has 0 aliphatic heterocycles. The van der Waals surface area contributed by atoms with Crippen molar-refractivity contribution in [2.45, 2.75) is 39.0 Å². The minimum Gasteiger partial charge on any atom is -0.469 e. The topological polar surface area (TPSA) is 64.6 Å². The number of ether oxygens (including phenoxy) is 2.